The average Bonchev–Trinajstić information content (AvgIpc) is 3.38. The van der Waals surface area contributed by atoms with E-state index in [9.17, 15) is 9.90 Å². The van der Waals surface area contributed by atoms with Gasteiger partial charge >= 0.3 is 0 Å². The summed E-state index contributed by atoms with van der Waals surface area (Å²) in [6, 6.07) is 0. The highest BCUT2D eigenvalue weighted by molar-refractivity contribution is 5.82. The maximum Gasteiger partial charge on any atom is 0.159 e. The quantitative estimate of drug-likeness (QED) is 0.710. The van der Waals surface area contributed by atoms with E-state index >= 15 is 0 Å². The molecule has 4 fully saturated rings. The number of methoxy groups -OCH3 is 1. The SMILES string of the molecule is COCC[C@]12CC[C@@](C)(O)C[C@@H]1CC[C@H]1[C@@H]3CC[C@H](C(=O)Cn4nccn4)[C@@]3(C)CC[C@@H]12. The van der Waals surface area contributed by atoms with Crippen LogP contribution >= 0.6 is 0 Å². The van der Waals surface area contributed by atoms with Gasteiger partial charge in [0.25, 0.3) is 0 Å². The number of fused-ring (bicyclic) bond motifs is 5. The Morgan fingerprint density at radius 3 is 2.59 bits per heavy atom. The van der Waals surface area contributed by atoms with Gasteiger partial charge < -0.3 is 9.84 Å². The Hall–Kier alpha value is -1.27. The fourth-order valence-corrected chi connectivity index (χ4v) is 9.13. The molecule has 6 heteroatoms. The first kappa shape index (κ1) is 22.5. The molecule has 1 N–H and O–H groups in total. The van der Waals surface area contributed by atoms with E-state index in [0.717, 1.165) is 45.1 Å². The van der Waals surface area contributed by atoms with Crippen molar-refractivity contribution in [3.8, 4) is 0 Å². The summed E-state index contributed by atoms with van der Waals surface area (Å²) in [6.45, 7) is 5.59. The first-order chi connectivity index (χ1) is 15.3. The van der Waals surface area contributed by atoms with Crippen molar-refractivity contribution >= 4 is 5.78 Å². The van der Waals surface area contributed by atoms with Crippen molar-refractivity contribution in [3.05, 3.63) is 12.4 Å². The maximum absolute atomic E-state index is 13.3. The minimum absolute atomic E-state index is 0.112. The molecule has 0 aromatic carbocycles. The Morgan fingerprint density at radius 2 is 1.84 bits per heavy atom. The molecule has 0 bridgehead atoms. The molecule has 0 amide bonds. The van der Waals surface area contributed by atoms with Crippen molar-refractivity contribution in [3.63, 3.8) is 0 Å². The number of hydrogen-bond donors (Lipinski definition) is 1. The Bertz CT molecular complexity index is 824. The third-order valence-electron chi connectivity index (χ3n) is 10.6. The number of rotatable bonds is 6. The first-order valence-corrected chi connectivity index (χ1v) is 12.9. The van der Waals surface area contributed by atoms with Crippen molar-refractivity contribution in [2.24, 2.45) is 40.4 Å². The molecular weight excluding hydrogens is 402 g/mol. The lowest BCUT2D eigenvalue weighted by Gasteiger charge is -2.63. The van der Waals surface area contributed by atoms with E-state index in [1.54, 1.807) is 17.2 Å². The molecule has 1 aromatic rings. The van der Waals surface area contributed by atoms with Gasteiger partial charge in [0.1, 0.15) is 6.54 Å². The Labute approximate surface area is 192 Å². The minimum Gasteiger partial charge on any atom is -0.390 e. The summed E-state index contributed by atoms with van der Waals surface area (Å²) in [5.41, 5.74) is -0.0902. The average molecular weight is 444 g/mol. The lowest BCUT2D eigenvalue weighted by atomic mass is 9.42. The van der Waals surface area contributed by atoms with Crippen LogP contribution in [0.1, 0.15) is 78.1 Å². The van der Waals surface area contributed by atoms with Crippen molar-refractivity contribution in [2.45, 2.75) is 90.2 Å². The molecule has 8 atom stereocenters. The number of carbonyl (C=O) groups excluding carboxylic acids is 1. The minimum atomic E-state index is -0.511. The number of Topliss-reactive ketones (excluding diaryl/α,β-unsaturated/α-hetero) is 1. The van der Waals surface area contributed by atoms with Crippen LogP contribution in [0.5, 0.6) is 0 Å². The second-order valence-electron chi connectivity index (χ2n) is 12.0. The van der Waals surface area contributed by atoms with Crippen LogP contribution in [0, 0.1) is 40.4 Å². The van der Waals surface area contributed by atoms with Gasteiger partial charge in [-0.3, -0.25) is 4.79 Å². The van der Waals surface area contributed by atoms with Crippen LogP contribution in [0.3, 0.4) is 0 Å². The molecule has 0 radical (unpaired) electrons. The van der Waals surface area contributed by atoms with Gasteiger partial charge in [-0.05, 0) is 106 Å². The molecule has 4 aliphatic carbocycles. The largest absolute Gasteiger partial charge is 0.390 e. The molecule has 178 valence electrons. The predicted molar refractivity (Wildman–Crippen MR) is 122 cm³/mol. The van der Waals surface area contributed by atoms with E-state index < -0.39 is 5.60 Å². The standard InChI is InChI=1S/C26H41N3O3/c1-24(31)10-11-26(12-15-32-3)18(16-24)4-5-19-20-6-7-22(25(20,2)9-8-21(19)26)23(30)17-29-27-13-14-28-29/h13-14,18-22,31H,4-12,15-17H2,1-3H3/t18-,19-,20-,21-,22+,24+,25-,26+/m0/s1. The number of hydrogen-bond acceptors (Lipinski definition) is 5. The molecule has 6 nitrogen and oxygen atoms in total. The summed E-state index contributed by atoms with van der Waals surface area (Å²) in [6.07, 6.45) is 14.5. The zero-order valence-corrected chi connectivity index (χ0v) is 20.1. The zero-order valence-electron chi connectivity index (χ0n) is 20.1. The summed E-state index contributed by atoms with van der Waals surface area (Å²) in [4.78, 5) is 14.8. The second kappa shape index (κ2) is 8.19. The molecule has 1 aromatic heterocycles. The van der Waals surface area contributed by atoms with Gasteiger partial charge in [-0.25, -0.2) is 0 Å². The van der Waals surface area contributed by atoms with Crippen LogP contribution in [0.25, 0.3) is 0 Å². The highest BCUT2D eigenvalue weighted by Gasteiger charge is 2.62. The van der Waals surface area contributed by atoms with Crippen LogP contribution < -0.4 is 0 Å². The topological polar surface area (TPSA) is 77.2 Å². The number of carbonyl (C=O) groups is 1. The number of aliphatic hydroxyl groups is 1. The molecule has 4 aliphatic rings. The lowest BCUT2D eigenvalue weighted by Crippen LogP contribution is -2.57. The maximum atomic E-state index is 13.3. The summed E-state index contributed by atoms with van der Waals surface area (Å²) >= 11 is 0. The predicted octanol–water partition coefficient (Wildman–Crippen LogP) is 4.27. The summed E-state index contributed by atoms with van der Waals surface area (Å²) < 4.78 is 5.60. The van der Waals surface area contributed by atoms with E-state index in [4.69, 9.17) is 4.74 Å². The molecule has 0 saturated heterocycles. The third kappa shape index (κ3) is 3.56. The summed E-state index contributed by atoms with van der Waals surface area (Å²) in [5, 5.41) is 19.2. The molecule has 0 spiro atoms. The van der Waals surface area contributed by atoms with E-state index in [0.29, 0.717) is 41.4 Å². The molecule has 32 heavy (non-hydrogen) atoms. The van der Waals surface area contributed by atoms with Crippen LogP contribution in [0.15, 0.2) is 12.4 Å². The molecular formula is C26H41N3O3. The third-order valence-corrected chi connectivity index (χ3v) is 10.6. The fourth-order valence-electron chi connectivity index (χ4n) is 9.13. The van der Waals surface area contributed by atoms with Crippen molar-refractivity contribution in [2.75, 3.05) is 13.7 Å². The van der Waals surface area contributed by atoms with E-state index in [1.807, 2.05) is 14.0 Å². The van der Waals surface area contributed by atoms with E-state index in [2.05, 4.69) is 17.1 Å². The summed E-state index contributed by atoms with van der Waals surface area (Å²) in [5.74, 6) is 3.14. The zero-order chi connectivity index (χ0) is 22.6. The van der Waals surface area contributed by atoms with Gasteiger partial charge in [0.15, 0.2) is 5.78 Å². The van der Waals surface area contributed by atoms with Crippen molar-refractivity contribution in [1.82, 2.24) is 15.0 Å². The second-order valence-corrected chi connectivity index (χ2v) is 12.0. The normalized spacial score (nSPS) is 45.7. The number of ketones is 1. The number of aromatic nitrogens is 3. The van der Waals surface area contributed by atoms with Crippen LogP contribution in [0.4, 0.5) is 0 Å². The smallest absolute Gasteiger partial charge is 0.159 e. The van der Waals surface area contributed by atoms with Crippen molar-refractivity contribution < 1.29 is 14.6 Å². The molecule has 0 aliphatic heterocycles. The van der Waals surface area contributed by atoms with Crippen LogP contribution in [-0.2, 0) is 16.1 Å². The highest BCUT2D eigenvalue weighted by Crippen LogP contribution is 2.69. The first-order valence-electron chi connectivity index (χ1n) is 12.9. The highest BCUT2D eigenvalue weighted by atomic mass is 16.5. The van der Waals surface area contributed by atoms with Crippen LogP contribution in [-0.4, -0.2) is 45.2 Å². The van der Waals surface area contributed by atoms with Gasteiger partial charge in [-0.1, -0.05) is 6.92 Å². The Kier molecular flexibility index (Phi) is 5.77. The van der Waals surface area contributed by atoms with Gasteiger partial charge in [0.2, 0.25) is 0 Å². The fraction of sp³-hybridized carbons (Fsp3) is 0.885. The number of nitrogens with zero attached hydrogens (tertiary/aromatic N) is 3. The van der Waals surface area contributed by atoms with Gasteiger partial charge in [-0.2, -0.15) is 15.0 Å². The van der Waals surface area contributed by atoms with Crippen molar-refractivity contribution in [1.29, 1.82) is 0 Å². The molecule has 5 rings (SSSR count). The Morgan fingerprint density at radius 1 is 1.06 bits per heavy atom. The molecule has 0 unspecified atom stereocenters. The van der Waals surface area contributed by atoms with Gasteiger partial charge in [-0.15, -0.1) is 0 Å². The van der Waals surface area contributed by atoms with Gasteiger partial charge in [0.05, 0.1) is 18.0 Å². The molecule has 1 heterocycles. The van der Waals surface area contributed by atoms with E-state index in [-0.39, 0.29) is 11.3 Å². The number of ether oxygens (including phenoxy) is 1. The Balaban J connectivity index is 1.38. The monoisotopic (exact) mass is 443 g/mol. The molecule has 4 saturated carbocycles. The lowest BCUT2D eigenvalue weighted by molar-refractivity contribution is -0.163. The summed E-state index contributed by atoms with van der Waals surface area (Å²) in [7, 11) is 1.82. The van der Waals surface area contributed by atoms with Gasteiger partial charge in [0, 0.05) is 19.6 Å². The van der Waals surface area contributed by atoms with Crippen LogP contribution in [0.2, 0.25) is 0 Å². The van der Waals surface area contributed by atoms with E-state index in [1.165, 1.54) is 25.7 Å².